The number of halogens is 3. The van der Waals surface area contributed by atoms with Crippen LogP contribution in [-0.2, 0) is 16.0 Å². The average molecular weight is 648 g/mol. The number of nitrogens with one attached hydrogen (secondary N) is 1. The third-order valence-corrected chi connectivity index (χ3v) is 8.32. The number of fused-ring (bicyclic) bond motifs is 3. The summed E-state index contributed by atoms with van der Waals surface area (Å²) in [6.45, 7) is 4.65. The van der Waals surface area contributed by atoms with E-state index in [2.05, 4.69) is 5.32 Å². The summed E-state index contributed by atoms with van der Waals surface area (Å²) in [6.07, 6.45) is -1.13. The number of carbonyl (C=O) groups is 2. The number of rotatable bonds is 6. The molecule has 0 aromatic heterocycles. The Morgan fingerprint density at radius 2 is 1.47 bits per heavy atom. The summed E-state index contributed by atoms with van der Waals surface area (Å²) in [7, 11) is 0. The summed E-state index contributed by atoms with van der Waals surface area (Å²) in [5, 5.41) is 2.67. The molecule has 1 heterocycles. The zero-order chi connectivity index (χ0) is 31.8. The van der Waals surface area contributed by atoms with Crippen molar-refractivity contribution in [3.05, 3.63) is 82.4 Å². The minimum absolute atomic E-state index is 0. The number of anilines is 1. The second kappa shape index (κ2) is 14.1. The molecule has 0 saturated carbocycles. The maximum absolute atomic E-state index is 14.2. The number of benzene rings is 3. The van der Waals surface area contributed by atoms with Gasteiger partial charge >= 0.3 is 70.5 Å². The molecule has 2 amide bonds. The van der Waals surface area contributed by atoms with Crippen molar-refractivity contribution in [2.45, 2.75) is 52.7 Å². The Labute approximate surface area is 305 Å². The minimum Gasteiger partial charge on any atom is -0.449 e. The van der Waals surface area contributed by atoms with E-state index in [0.29, 0.717) is 43.0 Å². The Kier molecular flexibility index (Phi) is 11.1. The molecule has 1 fully saturated rings. The summed E-state index contributed by atoms with van der Waals surface area (Å²) < 4.78 is 53.8. The van der Waals surface area contributed by atoms with Crippen molar-refractivity contribution in [3.8, 4) is 11.1 Å². The molecule has 1 saturated heterocycles. The normalized spacial score (nSPS) is 14.8. The average Bonchev–Trinajstić information content (AvgIpc) is 3.28. The van der Waals surface area contributed by atoms with Gasteiger partial charge in [0, 0.05) is 44.3 Å². The van der Waals surface area contributed by atoms with Crippen molar-refractivity contribution in [2.24, 2.45) is 0 Å². The third kappa shape index (κ3) is 7.90. The Hall–Kier alpha value is -2.51. The molecule has 3 aromatic carbocycles. The van der Waals surface area contributed by atoms with Crippen LogP contribution in [0.25, 0.3) is 11.1 Å². The molecule has 1 N–H and O–H groups in total. The largest absolute Gasteiger partial charge is 1.00 e. The molecule has 0 atom stereocenters. The van der Waals surface area contributed by atoms with E-state index in [1.165, 1.54) is 6.92 Å². The molecule has 0 spiro atoms. The van der Waals surface area contributed by atoms with Crippen molar-refractivity contribution >= 4 is 30.3 Å². The van der Waals surface area contributed by atoms with Crippen LogP contribution < -0.4 is 67.1 Å². The van der Waals surface area contributed by atoms with Crippen LogP contribution in [0.4, 0.5) is 28.2 Å². The number of nitrogens with zero attached hydrogens (tertiary/aromatic N) is 2. The molecule has 234 valence electrons. The molecule has 3 aromatic rings. The van der Waals surface area contributed by atoms with E-state index < -0.39 is 30.2 Å². The van der Waals surface area contributed by atoms with Crippen molar-refractivity contribution < 1.29 is 83.4 Å². The number of hydrogen-bond donors (Lipinski definition) is 1. The van der Waals surface area contributed by atoms with Crippen LogP contribution in [0, 0.1) is 13.8 Å². The first-order valence-electron chi connectivity index (χ1n) is 14.9. The van der Waals surface area contributed by atoms with Crippen LogP contribution in [0.15, 0.2) is 54.6 Å². The fraction of sp³-hybridized carbons (Fsp3) is 0.394. The van der Waals surface area contributed by atoms with Crippen molar-refractivity contribution in [1.82, 2.24) is 10.2 Å². The molecule has 12 heteroatoms. The van der Waals surface area contributed by atoms with Gasteiger partial charge in [0.25, 0.3) is 0 Å². The topological polar surface area (TPSA) is 71.1 Å². The Balaban J connectivity index is 0.00000461. The zero-order valence-electron chi connectivity index (χ0n) is 26.8. The first-order valence-corrected chi connectivity index (χ1v) is 14.9. The molecule has 7 nitrogen and oxygen atoms in total. The predicted octanol–water partition coefficient (Wildman–Crippen LogP) is 3.46. The summed E-state index contributed by atoms with van der Waals surface area (Å²) in [5.74, 6) is -0.125. The number of amides is 2. The fourth-order valence-electron chi connectivity index (χ4n) is 6.23. The third-order valence-electron chi connectivity index (χ3n) is 8.32. The quantitative estimate of drug-likeness (QED) is 0.416. The monoisotopic (exact) mass is 647 g/mol. The molecule has 0 unspecified atom stereocenters. The van der Waals surface area contributed by atoms with Crippen LogP contribution in [0.1, 0.15) is 54.5 Å². The molecule has 2 aliphatic rings. The van der Waals surface area contributed by atoms with E-state index >= 15 is 0 Å². The summed E-state index contributed by atoms with van der Waals surface area (Å²) in [6, 6.07) is 17.1. The van der Waals surface area contributed by atoms with Gasteiger partial charge in [-0.1, -0.05) is 60.2 Å². The zero-order valence-corrected chi connectivity index (χ0v) is 29.9. The van der Waals surface area contributed by atoms with E-state index in [1.54, 1.807) is 32.6 Å². The van der Waals surface area contributed by atoms with Gasteiger partial charge in [-0.15, -0.1) is 5.46 Å². The summed E-state index contributed by atoms with van der Waals surface area (Å²) in [5.41, 5.74) is 4.67. The van der Waals surface area contributed by atoms with Gasteiger partial charge in [0.2, 0.25) is 0 Å². The molecule has 1 aliphatic heterocycles. The van der Waals surface area contributed by atoms with Crippen LogP contribution in [0.2, 0.25) is 0 Å². The predicted molar refractivity (Wildman–Crippen MR) is 167 cm³/mol. The van der Waals surface area contributed by atoms with E-state index in [0.717, 1.165) is 28.3 Å². The van der Waals surface area contributed by atoms with Crippen LogP contribution in [-0.4, -0.2) is 62.5 Å². The van der Waals surface area contributed by atoms with Crippen molar-refractivity contribution in [1.29, 1.82) is 0 Å². The molecule has 0 radical (unpaired) electrons. The van der Waals surface area contributed by atoms with Gasteiger partial charge in [-0.3, -0.25) is 0 Å². The van der Waals surface area contributed by atoms with Crippen molar-refractivity contribution in [2.75, 3.05) is 37.7 Å². The fourth-order valence-corrected chi connectivity index (χ4v) is 6.23. The Morgan fingerprint density at radius 1 is 0.911 bits per heavy atom. The van der Waals surface area contributed by atoms with Gasteiger partial charge in [0.05, 0.1) is 0 Å². The minimum atomic E-state index is -5.31. The van der Waals surface area contributed by atoms with Crippen LogP contribution in [0.3, 0.4) is 0 Å². The molecule has 1 aliphatic carbocycles. The van der Waals surface area contributed by atoms with Gasteiger partial charge < -0.3 is 37.5 Å². The Morgan fingerprint density at radius 3 is 2.00 bits per heavy atom. The molecule has 0 bridgehead atoms. The maximum atomic E-state index is 14.2. The first-order chi connectivity index (χ1) is 20.7. The van der Waals surface area contributed by atoms with Gasteiger partial charge in [0.1, 0.15) is 12.2 Å². The number of carbonyl (C=O) groups excluding carboxylic acids is 2. The van der Waals surface area contributed by atoms with Crippen LogP contribution >= 0.6 is 0 Å². The molecular weight excluding hydrogens is 609 g/mol. The number of alkyl carbamates (subject to hydrolysis) is 1. The smallest absolute Gasteiger partial charge is 0.449 e. The Bertz CT molecular complexity index is 1520. The number of piperazine rings is 1. The van der Waals surface area contributed by atoms with Crippen LogP contribution in [0.5, 0.6) is 0 Å². The maximum Gasteiger partial charge on any atom is 1.00 e. The van der Waals surface area contributed by atoms with E-state index in [1.807, 2.05) is 53.4 Å². The van der Waals surface area contributed by atoms with Gasteiger partial charge in [-0.05, 0) is 68.0 Å². The number of hydrogen-bond acceptors (Lipinski definition) is 5. The van der Waals surface area contributed by atoms with Gasteiger partial charge in [-0.25, -0.2) is 9.59 Å². The summed E-state index contributed by atoms with van der Waals surface area (Å²) >= 11 is 0. The summed E-state index contributed by atoms with van der Waals surface area (Å²) in [4.78, 5) is 28.8. The van der Waals surface area contributed by atoms with E-state index in [-0.39, 0.29) is 76.0 Å². The van der Waals surface area contributed by atoms with E-state index in [9.17, 15) is 22.5 Å². The van der Waals surface area contributed by atoms with Crippen molar-refractivity contribution in [3.63, 3.8) is 0 Å². The SMILES string of the molecule is Cc1c(CNC(=O)OCC2c3ccccc3-c3ccccc32)cc([B-](F)(F)F)c(C)c1N1CCN(C(=O)OC(C)(C)C)CC1.[K+]. The molecular formula is C33H38BF3KN3O4. The molecule has 5 rings (SSSR count). The first kappa shape index (κ1) is 35.3. The van der Waals surface area contributed by atoms with E-state index in [4.69, 9.17) is 9.47 Å². The molecule has 45 heavy (non-hydrogen) atoms. The standard InChI is InChI=1S/C33H38BF3N3O4.K/c1-21-23(19-38-31(41)43-20-28-26-12-8-6-10-24(26)25-11-7-9-13-27(25)28)18-29(34(35,36)37)22(2)30(21)39-14-16-40(17-15-39)32(42)44-33(3,4)5;/h6-13,18,28H,14-17,19-20H2,1-5H3,(H,38,41);/q-1;+1. The second-order valence-corrected chi connectivity index (χ2v) is 12.4. The number of ether oxygens (including phenoxy) is 2. The second-order valence-electron chi connectivity index (χ2n) is 12.4. The van der Waals surface area contributed by atoms with Gasteiger partial charge in [-0.2, -0.15) is 0 Å². The van der Waals surface area contributed by atoms with Gasteiger partial charge in [0.15, 0.2) is 0 Å².